The van der Waals surface area contributed by atoms with Crippen LogP contribution in [0.25, 0.3) is 0 Å². The smallest absolute Gasteiger partial charge is 0.409 e. The van der Waals surface area contributed by atoms with Crippen molar-refractivity contribution < 1.29 is 14.3 Å². The molecule has 0 radical (unpaired) electrons. The fourth-order valence-corrected chi connectivity index (χ4v) is 1.84. The minimum Gasteiger partial charge on any atom is -0.453 e. The van der Waals surface area contributed by atoms with Crippen LogP contribution >= 0.6 is 0 Å². The predicted octanol–water partition coefficient (Wildman–Crippen LogP) is 1.19. The van der Waals surface area contributed by atoms with E-state index in [1.165, 1.54) is 7.11 Å². The molecule has 0 aromatic heterocycles. The Morgan fingerprint density at radius 1 is 1.38 bits per heavy atom. The van der Waals surface area contributed by atoms with E-state index in [9.17, 15) is 9.59 Å². The van der Waals surface area contributed by atoms with Gasteiger partial charge in [0.15, 0.2) is 0 Å². The van der Waals surface area contributed by atoms with Gasteiger partial charge in [-0.25, -0.2) is 4.79 Å². The Morgan fingerprint density at radius 2 is 1.85 bits per heavy atom. The van der Waals surface area contributed by atoms with Crippen LogP contribution in [0.3, 0.4) is 0 Å². The van der Waals surface area contributed by atoms with Gasteiger partial charge >= 0.3 is 6.09 Å². The van der Waals surface area contributed by atoms with Crippen LogP contribution in [0.15, 0.2) is 0 Å². The Morgan fingerprint density at radius 3 is 2.23 bits per heavy atom. The Hall–Kier alpha value is -1.06. The van der Waals surface area contributed by atoms with Gasteiger partial charge < -0.3 is 9.64 Å². The van der Waals surface area contributed by atoms with Crippen molar-refractivity contribution in [3.05, 3.63) is 0 Å². The van der Waals surface area contributed by atoms with Gasteiger partial charge in [-0.2, -0.15) is 0 Å². The molecule has 0 aliphatic carbocycles. The van der Waals surface area contributed by atoms with Gasteiger partial charge in [0.2, 0.25) is 0 Å². The van der Waals surface area contributed by atoms with E-state index in [0.29, 0.717) is 12.8 Å². The Labute approximate surface area is 77.8 Å². The number of hydrogen-bond donors (Lipinski definition) is 0. The molecule has 1 rings (SSSR count). The third-order valence-electron chi connectivity index (χ3n) is 2.38. The van der Waals surface area contributed by atoms with Crippen molar-refractivity contribution in [2.45, 2.75) is 38.8 Å². The second-order valence-electron chi connectivity index (χ2n) is 3.52. The van der Waals surface area contributed by atoms with Crippen LogP contribution in [0.4, 0.5) is 4.79 Å². The van der Waals surface area contributed by atoms with E-state index >= 15 is 0 Å². The van der Waals surface area contributed by atoms with Crippen molar-refractivity contribution in [1.82, 2.24) is 4.90 Å². The first-order chi connectivity index (χ1) is 6.06. The number of nitrogens with zero attached hydrogens (tertiary/aromatic N) is 1. The van der Waals surface area contributed by atoms with Gasteiger partial charge in [0.05, 0.1) is 7.11 Å². The van der Waals surface area contributed by atoms with Gasteiger partial charge in [0.1, 0.15) is 5.78 Å². The standard InChI is InChI=1S/C9H15NO3/c1-6-4-8(11)5-7(2)10(6)9(12)13-3/h6-7H,4-5H2,1-3H3. The van der Waals surface area contributed by atoms with Crippen LogP contribution < -0.4 is 0 Å². The molecule has 1 saturated heterocycles. The molecule has 1 heterocycles. The summed E-state index contributed by atoms with van der Waals surface area (Å²) in [4.78, 5) is 24.1. The summed E-state index contributed by atoms with van der Waals surface area (Å²) >= 11 is 0. The summed E-state index contributed by atoms with van der Waals surface area (Å²) in [5.74, 6) is 0.222. The number of hydrogen-bond acceptors (Lipinski definition) is 3. The zero-order valence-electron chi connectivity index (χ0n) is 8.24. The lowest BCUT2D eigenvalue weighted by Crippen LogP contribution is -2.50. The molecule has 74 valence electrons. The molecule has 13 heavy (non-hydrogen) atoms. The minimum atomic E-state index is -0.340. The van der Waals surface area contributed by atoms with E-state index in [-0.39, 0.29) is 24.0 Å². The van der Waals surface area contributed by atoms with Crippen molar-refractivity contribution in [1.29, 1.82) is 0 Å². The van der Waals surface area contributed by atoms with Crippen LogP contribution in [0.2, 0.25) is 0 Å². The van der Waals surface area contributed by atoms with Crippen molar-refractivity contribution in [2.75, 3.05) is 7.11 Å². The zero-order chi connectivity index (χ0) is 10.0. The molecule has 0 aromatic rings. The number of piperidine rings is 1. The average Bonchev–Trinajstić information content (AvgIpc) is 2.02. The highest BCUT2D eigenvalue weighted by atomic mass is 16.5. The number of carbonyl (C=O) groups is 2. The van der Waals surface area contributed by atoms with Crippen LogP contribution in [-0.2, 0) is 9.53 Å². The number of Topliss-reactive ketones (excluding diaryl/α,β-unsaturated/α-hetero) is 1. The molecule has 0 aromatic carbocycles. The van der Waals surface area contributed by atoms with Crippen LogP contribution in [-0.4, -0.2) is 36.0 Å². The molecule has 1 fully saturated rings. The maximum absolute atomic E-state index is 11.3. The SMILES string of the molecule is COC(=O)N1C(C)CC(=O)CC1C. The number of amides is 1. The molecule has 0 spiro atoms. The minimum absolute atomic E-state index is 0.0382. The lowest BCUT2D eigenvalue weighted by Gasteiger charge is -2.36. The van der Waals surface area contributed by atoms with Crippen molar-refractivity contribution in [2.24, 2.45) is 0 Å². The largest absolute Gasteiger partial charge is 0.453 e. The summed E-state index contributed by atoms with van der Waals surface area (Å²) in [7, 11) is 1.36. The molecule has 4 nitrogen and oxygen atoms in total. The normalized spacial score (nSPS) is 28.8. The van der Waals surface area contributed by atoms with Crippen molar-refractivity contribution >= 4 is 11.9 Å². The lowest BCUT2D eigenvalue weighted by atomic mass is 9.97. The number of likely N-dealkylation sites (tertiary alicyclic amines) is 1. The summed E-state index contributed by atoms with van der Waals surface area (Å²) < 4.78 is 4.64. The van der Waals surface area contributed by atoms with Crippen LogP contribution in [0.5, 0.6) is 0 Å². The second-order valence-corrected chi connectivity index (χ2v) is 3.52. The Balaban J connectivity index is 2.72. The van der Waals surface area contributed by atoms with Gasteiger partial charge in [-0.15, -0.1) is 0 Å². The fourth-order valence-electron chi connectivity index (χ4n) is 1.84. The molecule has 0 N–H and O–H groups in total. The van der Waals surface area contributed by atoms with Gasteiger partial charge in [0.25, 0.3) is 0 Å². The molecular weight excluding hydrogens is 170 g/mol. The molecule has 1 aliphatic rings. The highest BCUT2D eigenvalue weighted by Gasteiger charge is 2.33. The quantitative estimate of drug-likeness (QED) is 0.569. The summed E-state index contributed by atoms with van der Waals surface area (Å²) in [5, 5.41) is 0. The van der Waals surface area contributed by atoms with Gasteiger partial charge in [-0.3, -0.25) is 4.79 Å². The molecular formula is C9H15NO3. The average molecular weight is 185 g/mol. The number of ketones is 1. The molecule has 0 saturated carbocycles. The third-order valence-corrected chi connectivity index (χ3v) is 2.38. The fraction of sp³-hybridized carbons (Fsp3) is 0.778. The van der Waals surface area contributed by atoms with E-state index in [4.69, 9.17) is 0 Å². The molecule has 1 aliphatic heterocycles. The highest BCUT2D eigenvalue weighted by Crippen LogP contribution is 2.20. The summed E-state index contributed by atoms with van der Waals surface area (Å²) in [6, 6.07) is -0.0765. The molecule has 2 atom stereocenters. The Bertz CT molecular complexity index is 213. The third kappa shape index (κ3) is 1.99. The van der Waals surface area contributed by atoms with E-state index in [1.807, 2.05) is 13.8 Å². The topological polar surface area (TPSA) is 46.6 Å². The highest BCUT2D eigenvalue weighted by molar-refractivity contribution is 5.82. The first-order valence-electron chi connectivity index (χ1n) is 4.44. The van der Waals surface area contributed by atoms with Crippen LogP contribution in [0.1, 0.15) is 26.7 Å². The molecule has 2 unspecified atom stereocenters. The summed E-state index contributed by atoms with van der Waals surface area (Å²) in [6.07, 6.45) is 0.548. The number of carbonyl (C=O) groups excluding carboxylic acids is 2. The van der Waals surface area contributed by atoms with Gasteiger partial charge in [-0.1, -0.05) is 0 Å². The van der Waals surface area contributed by atoms with Crippen LogP contribution in [0, 0.1) is 0 Å². The number of methoxy groups -OCH3 is 1. The zero-order valence-corrected chi connectivity index (χ0v) is 8.24. The van der Waals surface area contributed by atoms with E-state index in [0.717, 1.165) is 0 Å². The molecule has 0 bridgehead atoms. The monoisotopic (exact) mass is 185 g/mol. The summed E-state index contributed by atoms with van der Waals surface area (Å²) in [6.45, 7) is 3.73. The van der Waals surface area contributed by atoms with Gasteiger partial charge in [-0.05, 0) is 13.8 Å². The van der Waals surface area contributed by atoms with Crippen molar-refractivity contribution in [3.63, 3.8) is 0 Å². The lowest BCUT2D eigenvalue weighted by molar-refractivity contribution is -0.123. The van der Waals surface area contributed by atoms with Gasteiger partial charge in [0, 0.05) is 24.9 Å². The predicted molar refractivity (Wildman–Crippen MR) is 47.4 cm³/mol. The molecule has 1 amide bonds. The van der Waals surface area contributed by atoms with E-state index < -0.39 is 0 Å². The maximum Gasteiger partial charge on any atom is 0.409 e. The van der Waals surface area contributed by atoms with E-state index in [2.05, 4.69) is 4.74 Å². The first kappa shape index (κ1) is 10.0. The summed E-state index contributed by atoms with van der Waals surface area (Å²) in [5.41, 5.74) is 0. The number of ether oxygens (including phenoxy) is 1. The number of rotatable bonds is 0. The second kappa shape index (κ2) is 3.77. The maximum atomic E-state index is 11.3. The Kier molecular flexibility index (Phi) is 2.90. The van der Waals surface area contributed by atoms with Crippen molar-refractivity contribution in [3.8, 4) is 0 Å². The van der Waals surface area contributed by atoms with E-state index in [1.54, 1.807) is 4.90 Å². The molecule has 4 heteroatoms. The first-order valence-corrected chi connectivity index (χ1v) is 4.44.